The van der Waals surface area contributed by atoms with Gasteiger partial charge in [-0.05, 0) is 48.9 Å². The molecule has 1 aliphatic rings. The van der Waals surface area contributed by atoms with Crippen LogP contribution in [0, 0.1) is 17.8 Å². The topological polar surface area (TPSA) is 66.5 Å². The molecule has 24 heavy (non-hydrogen) atoms. The zero-order chi connectivity index (χ0) is 17.9. The molecule has 1 aliphatic heterocycles. The van der Waals surface area contributed by atoms with Crippen LogP contribution in [0.2, 0.25) is 0 Å². The number of benzene rings is 1. The van der Waals surface area contributed by atoms with Crippen molar-refractivity contribution in [1.29, 1.82) is 0 Å². The summed E-state index contributed by atoms with van der Waals surface area (Å²) in [6.07, 6.45) is 1.83. The molecule has 1 fully saturated rings. The third-order valence-electron chi connectivity index (χ3n) is 4.65. The predicted molar refractivity (Wildman–Crippen MR) is 96.2 cm³/mol. The first kappa shape index (κ1) is 18.9. The van der Waals surface area contributed by atoms with E-state index in [0.717, 1.165) is 12.8 Å². The Morgan fingerprint density at radius 2 is 1.75 bits per heavy atom. The molecule has 1 saturated heterocycles. The van der Waals surface area contributed by atoms with Crippen molar-refractivity contribution in [2.75, 3.05) is 18.4 Å². The minimum Gasteiger partial charge on any atom is -0.326 e. The molecule has 1 aromatic carbocycles. The van der Waals surface area contributed by atoms with Gasteiger partial charge in [0, 0.05) is 24.7 Å². The fourth-order valence-corrected chi connectivity index (χ4v) is 4.79. The molecule has 1 N–H and O–H groups in total. The number of carbonyl (C=O) groups is 1. The summed E-state index contributed by atoms with van der Waals surface area (Å²) in [5.74, 6) is 0.631. The molecular formula is C18H28N2O3S. The van der Waals surface area contributed by atoms with Gasteiger partial charge in [0.1, 0.15) is 0 Å². The Bertz CT molecular complexity index is 660. The molecular weight excluding hydrogens is 324 g/mol. The minimum atomic E-state index is -3.47. The second kappa shape index (κ2) is 7.66. The van der Waals surface area contributed by atoms with Gasteiger partial charge in [0.2, 0.25) is 15.9 Å². The van der Waals surface area contributed by atoms with Crippen LogP contribution in [0.15, 0.2) is 29.2 Å². The zero-order valence-electron chi connectivity index (χ0n) is 15.0. The molecule has 0 aliphatic carbocycles. The number of amides is 1. The smallest absolute Gasteiger partial charge is 0.243 e. The van der Waals surface area contributed by atoms with Crippen LogP contribution in [-0.2, 0) is 14.8 Å². The van der Waals surface area contributed by atoms with Crippen LogP contribution < -0.4 is 5.32 Å². The van der Waals surface area contributed by atoms with E-state index >= 15 is 0 Å². The maximum absolute atomic E-state index is 12.8. The first-order valence-electron chi connectivity index (χ1n) is 8.65. The monoisotopic (exact) mass is 352 g/mol. The van der Waals surface area contributed by atoms with Crippen molar-refractivity contribution in [3.63, 3.8) is 0 Å². The van der Waals surface area contributed by atoms with Crippen LogP contribution in [0.1, 0.15) is 40.5 Å². The summed E-state index contributed by atoms with van der Waals surface area (Å²) in [7, 11) is -3.47. The van der Waals surface area contributed by atoms with Crippen molar-refractivity contribution < 1.29 is 13.2 Å². The highest BCUT2D eigenvalue weighted by Crippen LogP contribution is 2.27. The number of nitrogens with zero attached hydrogens (tertiary/aromatic N) is 1. The van der Waals surface area contributed by atoms with Crippen molar-refractivity contribution in [1.82, 2.24) is 4.31 Å². The average Bonchev–Trinajstić information content (AvgIpc) is 2.53. The minimum absolute atomic E-state index is 0.0493. The molecule has 0 spiro atoms. The van der Waals surface area contributed by atoms with E-state index in [1.54, 1.807) is 28.6 Å². The van der Waals surface area contributed by atoms with Gasteiger partial charge in [0.15, 0.2) is 0 Å². The fraction of sp³-hybridized carbons (Fsp3) is 0.611. The van der Waals surface area contributed by atoms with Crippen LogP contribution in [0.3, 0.4) is 0 Å². The van der Waals surface area contributed by atoms with Gasteiger partial charge in [-0.15, -0.1) is 0 Å². The summed E-state index contributed by atoms with van der Waals surface area (Å²) in [5.41, 5.74) is 0.625. The normalized spacial score (nSPS) is 23.7. The van der Waals surface area contributed by atoms with Crippen molar-refractivity contribution in [2.45, 2.75) is 45.4 Å². The maximum atomic E-state index is 12.8. The summed E-state index contributed by atoms with van der Waals surface area (Å²) >= 11 is 0. The lowest BCUT2D eigenvalue weighted by molar-refractivity contribution is -0.119. The summed E-state index contributed by atoms with van der Waals surface area (Å²) in [5, 5.41) is 2.82. The third-order valence-corrected chi connectivity index (χ3v) is 6.50. The quantitative estimate of drug-likeness (QED) is 0.884. The molecule has 134 valence electrons. The molecule has 2 rings (SSSR count). The lowest BCUT2D eigenvalue weighted by atomic mass is 9.94. The van der Waals surface area contributed by atoms with Gasteiger partial charge in [0.05, 0.1) is 4.90 Å². The first-order chi connectivity index (χ1) is 11.2. The number of hydrogen-bond donors (Lipinski definition) is 1. The molecule has 1 heterocycles. The Kier molecular flexibility index (Phi) is 6.04. The van der Waals surface area contributed by atoms with Gasteiger partial charge in [0.25, 0.3) is 0 Å². The summed E-state index contributed by atoms with van der Waals surface area (Å²) in [6.45, 7) is 9.14. The van der Waals surface area contributed by atoms with Gasteiger partial charge in [-0.2, -0.15) is 4.31 Å². The van der Waals surface area contributed by atoms with Gasteiger partial charge in [-0.25, -0.2) is 8.42 Å². The Morgan fingerprint density at radius 3 is 2.25 bits per heavy atom. The highest BCUT2D eigenvalue weighted by molar-refractivity contribution is 7.89. The van der Waals surface area contributed by atoms with E-state index in [-0.39, 0.29) is 16.7 Å². The van der Waals surface area contributed by atoms with Crippen LogP contribution in [0.4, 0.5) is 5.69 Å². The second-order valence-corrected chi connectivity index (χ2v) is 9.03. The molecule has 0 aromatic heterocycles. The number of carbonyl (C=O) groups excluding carboxylic acids is 1. The molecule has 1 aromatic rings. The predicted octanol–water partition coefficient (Wildman–Crippen LogP) is 3.34. The Hall–Kier alpha value is -1.40. The zero-order valence-corrected chi connectivity index (χ0v) is 15.8. The van der Waals surface area contributed by atoms with E-state index in [0.29, 0.717) is 30.6 Å². The van der Waals surface area contributed by atoms with Gasteiger partial charge in [-0.1, -0.05) is 27.7 Å². The van der Waals surface area contributed by atoms with E-state index in [1.807, 2.05) is 13.8 Å². The van der Waals surface area contributed by atoms with Crippen molar-refractivity contribution in [3.8, 4) is 0 Å². The van der Waals surface area contributed by atoms with Crippen molar-refractivity contribution >= 4 is 21.6 Å². The molecule has 0 radical (unpaired) electrons. The number of sulfonamides is 1. The van der Waals surface area contributed by atoms with Crippen molar-refractivity contribution in [3.05, 3.63) is 24.3 Å². The highest BCUT2D eigenvalue weighted by Gasteiger charge is 2.31. The van der Waals surface area contributed by atoms with Crippen LogP contribution >= 0.6 is 0 Å². The number of hydrogen-bond acceptors (Lipinski definition) is 3. The van der Waals surface area contributed by atoms with E-state index in [4.69, 9.17) is 0 Å². The molecule has 0 saturated carbocycles. The number of anilines is 1. The van der Waals surface area contributed by atoms with Crippen LogP contribution in [0.25, 0.3) is 0 Å². The molecule has 3 atom stereocenters. The lowest BCUT2D eigenvalue weighted by Crippen LogP contribution is -2.42. The molecule has 1 amide bonds. The van der Waals surface area contributed by atoms with E-state index in [2.05, 4.69) is 19.2 Å². The second-order valence-electron chi connectivity index (χ2n) is 7.09. The third kappa shape index (κ3) is 4.36. The first-order valence-corrected chi connectivity index (χ1v) is 10.1. The highest BCUT2D eigenvalue weighted by atomic mass is 32.2. The Balaban J connectivity index is 2.13. The number of nitrogens with one attached hydrogen (secondary N) is 1. The van der Waals surface area contributed by atoms with Crippen LogP contribution in [-0.4, -0.2) is 31.7 Å². The van der Waals surface area contributed by atoms with Gasteiger partial charge >= 0.3 is 0 Å². The summed E-state index contributed by atoms with van der Waals surface area (Å²) in [6, 6.07) is 6.46. The van der Waals surface area contributed by atoms with E-state index in [9.17, 15) is 13.2 Å². The van der Waals surface area contributed by atoms with E-state index in [1.165, 1.54) is 0 Å². The summed E-state index contributed by atoms with van der Waals surface area (Å²) < 4.78 is 27.2. The van der Waals surface area contributed by atoms with Crippen molar-refractivity contribution in [2.24, 2.45) is 17.8 Å². The Labute approximate surface area is 145 Å². The fourth-order valence-electron chi connectivity index (χ4n) is 3.11. The lowest BCUT2D eigenvalue weighted by Gasteiger charge is -2.34. The van der Waals surface area contributed by atoms with Gasteiger partial charge in [-0.3, -0.25) is 4.79 Å². The molecule has 0 bridgehead atoms. The molecule has 5 nitrogen and oxygen atoms in total. The molecule has 6 heteroatoms. The Morgan fingerprint density at radius 1 is 1.21 bits per heavy atom. The van der Waals surface area contributed by atoms with Gasteiger partial charge < -0.3 is 5.32 Å². The number of piperidine rings is 1. The largest absolute Gasteiger partial charge is 0.326 e. The maximum Gasteiger partial charge on any atom is 0.243 e. The standard InChI is InChI=1S/C18H28N2O3S/c1-5-15(4)18(21)19-16-6-8-17(9-7-16)24(22,23)20-11-13(2)10-14(3)12-20/h6-9,13-15H,5,10-12H2,1-4H3,(H,19,21). The SMILES string of the molecule is CCC(C)C(=O)Nc1ccc(S(=O)(=O)N2CC(C)CC(C)C2)cc1. The average molecular weight is 353 g/mol. The summed E-state index contributed by atoms with van der Waals surface area (Å²) in [4.78, 5) is 12.2. The molecule has 3 unspecified atom stereocenters. The number of rotatable bonds is 5. The van der Waals surface area contributed by atoms with E-state index < -0.39 is 10.0 Å². The van der Waals surface area contributed by atoms with Crippen LogP contribution in [0.5, 0.6) is 0 Å².